The van der Waals surface area contributed by atoms with Crippen LogP contribution in [0.15, 0.2) is 29.1 Å². The molecule has 0 saturated carbocycles. The first kappa shape index (κ1) is 10.7. The molecule has 0 fully saturated rings. The van der Waals surface area contributed by atoms with Gasteiger partial charge in [0.2, 0.25) is 0 Å². The number of nitrogens with one attached hydrogen (secondary N) is 1. The van der Waals surface area contributed by atoms with E-state index in [1.54, 1.807) is 4.57 Å². The Morgan fingerprint density at radius 1 is 1.44 bits per heavy atom. The molecule has 0 saturated heterocycles. The molecule has 84 valence electrons. The number of ketones is 1. The van der Waals surface area contributed by atoms with E-state index in [4.69, 9.17) is 0 Å². The number of carbonyl (C=O) groups excluding carboxylic acids is 1. The topological polar surface area (TPSA) is 54.9 Å². The van der Waals surface area contributed by atoms with Gasteiger partial charge >= 0.3 is 5.69 Å². The molecule has 4 heteroatoms. The SMILES string of the molecule is CC(=O)CC(C)n1c(=O)[nH]c2ccccc21. The average molecular weight is 218 g/mol. The third kappa shape index (κ3) is 1.78. The predicted molar refractivity (Wildman–Crippen MR) is 62.6 cm³/mol. The molecule has 0 amide bonds. The minimum Gasteiger partial charge on any atom is -0.306 e. The Hall–Kier alpha value is -1.84. The number of Topliss-reactive ketones (excluding diaryl/α,β-unsaturated/α-hetero) is 1. The number of hydrogen-bond donors (Lipinski definition) is 1. The van der Waals surface area contributed by atoms with E-state index in [2.05, 4.69) is 4.98 Å². The fourth-order valence-electron chi connectivity index (χ4n) is 2.02. The maximum absolute atomic E-state index is 11.8. The fraction of sp³-hybridized carbons (Fsp3) is 0.333. The van der Waals surface area contributed by atoms with E-state index in [1.807, 2.05) is 31.2 Å². The third-order valence-electron chi connectivity index (χ3n) is 2.65. The molecule has 1 aromatic heterocycles. The summed E-state index contributed by atoms with van der Waals surface area (Å²) in [7, 11) is 0. The summed E-state index contributed by atoms with van der Waals surface area (Å²) in [5.74, 6) is 0.0877. The Kier molecular flexibility index (Phi) is 2.64. The average Bonchev–Trinajstić information content (AvgIpc) is 2.52. The molecule has 0 aliphatic rings. The van der Waals surface area contributed by atoms with Gasteiger partial charge in [-0.1, -0.05) is 12.1 Å². The van der Waals surface area contributed by atoms with E-state index in [1.165, 1.54) is 6.92 Å². The first-order valence-electron chi connectivity index (χ1n) is 5.28. The lowest BCUT2D eigenvalue weighted by molar-refractivity contribution is -0.117. The second kappa shape index (κ2) is 3.96. The minimum absolute atomic E-state index is 0.0877. The first-order chi connectivity index (χ1) is 7.59. The number of fused-ring (bicyclic) bond motifs is 1. The van der Waals surface area contributed by atoms with Crippen molar-refractivity contribution in [2.45, 2.75) is 26.3 Å². The van der Waals surface area contributed by atoms with E-state index in [9.17, 15) is 9.59 Å². The van der Waals surface area contributed by atoms with Crippen molar-refractivity contribution in [3.63, 3.8) is 0 Å². The van der Waals surface area contributed by atoms with Crippen LogP contribution < -0.4 is 5.69 Å². The number of carbonyl (C=O) groups is 1. The van der Waals surface area contributed by atoms with Crippen LogP contribution in [0.5, 0.6) is 0 Å². The van der Waals surface area contributed by atoms with Crippen LogP contribution in [-0.4, -0.2) is 15.3 Å². The molecular weight excluding hydrogens is 204 g/mol. The number of aromatic nitrogens is 2. The zero-order chi connectivity index (χ0) is 11.7. The van der Waals surface area contributed by atoms with Crippen LogP contribution in [0.1, 0.15) is 26.3 Å². The van der Waals surface area contributed by atoms with Crippen molar-refractivity contribution in [3.8, 4) is 0 Å². The molecule has 1 aromatic carbocycles. The molecule has 0 aliphatic carbocycles. The summed E-state index contributed by atoms with van der Waals surface area (Å²) in [5, 5.41) is 0. The van der Waals surface area contributed by atoms with Gasteiger partial charge < -0.3 is 4.98 Å². The van der Waals surface area contributed by atoms with Gasteiger partial charge in [0.15, 0.2) is 0 Å². The summed E-state index contributed by atoms with van der Waals surface area (Å²) >= 11 is 0. The lowest BCUT2D eigenvalue weighted by Crippen LogP contribution is -2.21. The molecule has 4 nitrogen and oxygen atoms in total. The van der Waals surface area contributed by atoms with Crippen molar-refractivity contribution < 1.29 is 4.79 Å². The zero-order valence-corrected chi connectivity index (χ0v) is 9.36. The van der Waals surface area contributed by atoms with Gasteiger partial charge in [0.05, 0.1) is 11.0 Å². The number of imidazole rings is 1. The molecule has 16 heavy (non-hydrogen) atoms. The highest BCUT2D eigenvalue weighted by Gasteiger charge is 2.13. The summed E-state index contributed by atoms with van der Waals surface area (Å²) in [6.45, 7) is 3.42. The maximum Gasteiger partial charge on any atom is 0.326 e. The normalized spacial score (nSPS) is 12.9. The Bertz CT molecular complexity index is 580. The van der Waals surface area contributed by atoms with E-state index in [0.717, 1.165) is 11.0 Å². The molecule has 1 heterocycles. The second-order valence-corrected chi connectivity index (χ2v) is 4.07. The number of rotatable bonds is 3. The highest BCUT2D eigenvalue weighted by Crippen LogP contribution is 2.16. The van der Waals surface area contributed by atoms with Gasteiger partial charge in [-0.05, 0) is 26.0 Å². The van der Waals surface area contributed by atoms with Gasteiger partial charge in [0, 0.05) is 12.5 Å². The summed E-state index contributed by atoms with van der Waals surface area (Å²) in [5.41, 5.74) is 1.50. The molecule has 2 aromatic rings. The fourth-order valence-corrected chi connectivity index (χ4v) is 2.02. The largest absolute Gasteiger partial charge is 0.326 e. The van der Waals surface area contributed by atoms with Gasteiger partial charge in [0.1, 0.15) is 5.78 Å². The van der Waals surface area contributed by atoms with Crippen molar-refractivity contribution in [1.29, 1.82) is 0 Å². The van der Waals surface area contributed by atoms with Crippen molar-refractivity contribution in [2.75, 3.05) is 0 Å². The highest BCUT2D eigenvalue weighted by atomic mass is 16.1. The Morgan fingerprint density at radius 3 is 2.81 bits per heavy atom. The highest BCUT2D eigenvalue weighted by molar-refractivity contribution is 5.77. The van der Waals surface area contributed by atoms with Crippen molar-refractivity contribution in [1.82, 2.24) is 9.55 Å². The Labute approximate surface area is 92.9 Å². The van der Waals surface area contributed by atoms with Crippen LogP contribution in [0.2, 0.25) is 0 Å². The van der Waals surface area contributed by atoms with Gasteiger partial charge in [-0.3, -0.25) is 9.36 Å². The summed E-state index contributed by atoms with van der Waals surface area (Å²) in [6, 6.07) is 7.38. The van der Waals surface area contributed by atoms with Crippen LogP contribution in [0.25, 0.3) is 11.0 Å². The Morgan fingerprint density at radius 2 is 2.12 bits per heavy atom. The van der Waals surface area contributed by atoms with Crippen molar-refractivity contribution >= 4 is 16.8 Å². The number of hydrogen-bond acceptors (Lipinski definition) is 2. The number of aromatic amines is 1. The molecular formula is C12H14N2O2. The molecule has 1 unspecified atom stereocenters. The summed E-state index contributed by atoms with van der Waals surface area (Å²) in [4.78, 5) is 25.6. The molecule has 0 radical (unpaired) electrons. The molecule has 0 aliphatic heterocycles. The van der Waals surface area contributed by atoms with Crippen LogP contribution in [0.4, 0.5) is 0 Å². The van der Waals surface area contributed by atoms with E-state index >= 15 is 0 Å². The van der Waals surface area contributed by atoms with Gasteiger partial charge in [-0.2, -0.15) is 0 Å². The van der Waals surface area contributed by atoms with Crippen LogP contribution in [0.3, 0.4) is 0 Å². The molecule has 1 atom stereocenters. The van der Waals surface area contributed by atoms with Crippen molar-refractivity contribution in [3.05, 3.63) is 34.7 Å². The van der Waals surface area contributed by atoms with Gasteiger partial charge in [0.25, 0.3) is 0 Å². The number of nitrogens with zero attached hydrogens (tertiary/aromatic N) is 1. The monoisotopic (exact) mass is 218 g/mol. The third-order valence-corrected chi connectivity index (χ3v) is 2.65. The zero-order valence-electron chi connectivity index (χ0n) is 9.36. The van der Waals surface area contributed by atoms with E-state index in [0.29, 0.717) is 6.42 Å². The summed E-state index contributed by atoms with van der Waals surface area (Å²) < 4.78 is 1.64. The molecule has 1 N–H and O–H groups in total. The van der Waals surface area contributed by atoms with Crippen LogP contribution in [-0.2, 0) is 4.79 Å². The second-order valence-electron chi connectivity index (χ2n) is 4.07. The molecule has 2 rings (SSSR count). The first-order valence-corrected chi connectivity index (χ1v) is 5.28. The molecule has 0 bridgehead atoms. The smallest absolute Gasteiger partial charge is 0.306 e. The standard InChI is InChI=1S/C12H14N2O2/c1-8(7-9(2)15)14-11-6-4-3-5-10(11)13-12(14)16/h3-6,8H,7H2,1-2H3,(H,13,16). The number of H-pyrrole nitrogens is 1. The van der Waals surface area contributed by atoms with Crippen LogP contribution >= 0.6 is 0 Å². The number of para-hydroxylation sites is 2. The van der Waals surface area contributed by atoms with Gasteiger partial charge in [-0.15, -0.1) is 0 Å². The maximum atomic E-state index is 11.8. The van der Waals surface area contributed by atoms with E-state index in [-0.39, 0.29) is 17.5 Å². The predicted octanol–water partition coefficient (Wildman–Crippen LogP) is 1.87. The van der Waals surface area contributed by atoms with E-state index < -0.39 is 0 Å². The minimum atomic E-state index is -0.157. The van der Waals surface area contributed by atoms with Gasteiger partial charge in [-0.25, -0.2) is 4.79 Å². The quantitative estimate of drug-likeness (QED) is 0.855. The number of benzene rings is 1. The van der Waals surface area contributed by atoms with Crippen molar-refractivity contribution in [2.24, 2.45) is 0 Å². The van der Waals surface area contributed by atoms with Crippen LogP contribution in [0, 0.1) is 0 Å². The summed E-state index contributed by atoms with van der Waals surface area (Å²) in [6.07, 6.45) is 0.377. The Balaban J connectivity index is 2.55. The molecule has 0 spiro atoms. The lowest BCUT2D eigenvalue weighted by atomic mass is 10.2. The lowest BCUT2D eigenvalue weighted by Gasteiger charge is -2.11.